The van der Waals surface area contributed by atoms with E-state index in [0.29, 0.717) is 13.0 Å². The smallest absolute Gasteiger partial charge is 0.305 e. The minimum atomic E-state index is -0.891. The molecule has 120 valence electrons. The predicted molar refractivity (Wildman–Crippen MR) is 82.4 cm³/mol. The largest absolute Gasteiger partial charge is 0.481 e. The van der Waals surface area contributed by atoms with Crippen LogP contribution >= 0.6 is 0 Å². The summed E-state index contributed by atoms with van der Waals surface area (Å²) in [6.07, 6.45) is 3.09. The number of carbonyl (C=O) groups excluding carboxylic acids is 1. The van der Waals surface area contributed by atoms with Crippen LogP contribution in [-0.2, 0) is 4.79 Å². The van der Waals surface area contributed by atoms with Gasteiger partial charge in [-0.1, -0.05) is 17.3 Å². The van der Waals surface area contributed by atoms with E-state index < -0.39 is 5.97 Å². The lowest BCUT2D eigenvalue weighted by Crippen LogP contribution is -2.37. The van der Waals surface area contributed by atoms with Gasteiger partial charge in [-0.3, -0.25) is 9.59 Å². The first-order chi connectivity index (χ1) is 11.0. The first-order valence-electron chi connectivity index (χ1n) is 7.57. The lowest BCUT2D eigenvalue weighted by Gasteiger charge is -2.22. The van der Waals surface area contributed by atoms with Crippen molar-refractivity contribution in [3.63, 3.8) is 0 Å². The minimum absolute atomic E-state index is 0.0300. The van der Waals surface area contributed by atoms with Crippen molar-refractivity contribution in [3.8, 4) is 5.69 Å². The molecule has 1 aliphatic rings. The molecule has 1 aromatic heterocycles. The van der Waals surface area contributed by atoms with Crippen LogP contribution in [0, 0.1) is 6.92 Å². The predicted octanol–water partition coefficient (Wildman–Crippen LogP) is 1.66. The second kappa shape index (κ2) is 6.20. The standard InChI is InChI=1S/C16H18N4O3/c1-11-4-2-5-13(8-11)20-10-14(17-18-20)16(23)19-7-3-6-12(19)9-15(21)22/h2,4-5,8,10,12H,3,6-7,9H2,1H3,(H,21,22). The third-order valence-corrected chi connectivity index (χ3v) is 4.03. The summed E-state index contributed by atoms with van der Waals surface area (Å²) in [7, 11) is 0. The number of hydrogen-bond donors (Lipinski definition) is 1. The highest BCUT2D eigenvalue weighted by Gasteiger charge is 2.32. The van der Waals surface area contributed by atoms with Crippen molar-refractivity contribution in [3.05, 3.63) is 41.7 Å². The van der Waals surface area contributed by atoms with E-state index in [0.717, 1.165) is 17.7 Å². The number of aliphatic carboxylic acids is 1. The summed E-state index contributed by atoms with van der Waals surface area (Å²) in [5.74, 6) is -1.15. The number of aromatic nitrogens is 3. The number of aryl methyl sites for hydroxylation is 1. The van der Waals surface area contributed by atoms with Crippen LogP contribution in [0.2, 0.25) is 0 Å². The van der Waals surface area contributed by atoms with Crippen LogP contribution in [0.4, 0.5) is 0 Å². The van der Waals surface area contributed by atoms with Crippen molar-refractivity contribution < 1.29 is 14.7 Å². The number of amides is 1. The molecule has 0 spiro atoms. The molecule has 3 rings (SSSR count). The van der Waals surface area contributed by atoms with Gasteiger partial charge in [0.15, 0.2) is 5.69 Å². The van der Waals surface area contributed by atoms with E-state index in [9.17, 15) is 9.59 Å². The normalized spacial score (nSPS) is 17.4. The Morgan fingerprint density at radius 1 is 1.39 bits per heavy atom. The molecule has 0 aliphatic carbocycles. The molecule has 1 fully saturated rings. The van der Waals surface area contributed by atoms with Crippen LogP contribution in [0.15, 0.2) is 30.5 Å². The van der Waals surface area contributed by atoms with Crippen LogP contribution < -0.4 is 0 Å². The van der Waals surface area contributed by atoms with Crippen LogP contribution in [0.25, 0.3) is 5.69 Å². The second-order valence-electron chi connectivity index (χ2n) is 5.78. The maximum absolute atomic E-state index is 12.6. The molecule has 1 amide bonds. The number of carbonyl (C=O) groups is 2. The summed E-state index contributed by atoms with van der Waals surface area (Å²) >= 11 is 0. The Bertz CT molecular complexity index is 740. The highest BCUT2D eigenvalue weighted by atomic mass is 16.4. The van der Waals surface area contributed by atoms with Gasteiger partial charge in [-0.15, -0.1) is 5.10 Å². The molecule has 1 saturated heterocycles. The quantitative estimate of drug-likeness (QED) is 0.927. The number of rotatable bonds is 4. The fourth-order valence-corrected chi connectivity index (χ4v) is 2.92. The lowest BCUT2D eigenvalue weighted by atomic mass is 10.1. The van der Waals surface area contributed by atoms with Gasteiger partial charge >= 0.3 is 5.97 Å². The minimum Gasteiger partial charge on any atom is -0.481 e. The zero-order chi connectivity index (χ0) is 16.4. The fourth-order valence-electron chi connectivity index (χ4n) is 2.92. The van der Waals surface area contributed by atoms with Crippen LogP contribution in [0.1, 0.15) is 35.3 Å². The molecule has 1 atom stereocenters. The van der Waals surface area contributed by atoms with Gasteiger partial charge in [-0.05, 0) is 37.5 Å². The molecule has 1 unspecified atom stereocenters. The molecule has 0 bridgehead atoms. The Morgan fingerprint density at radius 3 is 2.96 bits per heavy atom. The Labute approximate surface area is 133 Å². The van der Waals surface area contributed by atoms with Gasteiger partial charge in [-0.2, -0.15) is 0 Å². The number of carboxylic acids is 1. The average molecular weight is 314 g/mol. The first kappa shape index (κ1) is 15.2. The van der Waals surface area contributed by atoms with Crippen molar-refractivity contribution in [2.75, 3.05) is 6.54 Å². The number of likely N-dealkylation sites (tertiary alicyclic amines) is 1. The Kier molecular flexibility index (Phi) is 4.10. The second-order valence-corrected chi connectivity index (χ2v) is 5.78. The van der Waals surface area contributed by atoms with Crippen LogP contribution in [0.3, 0.4) is 0 Å². The van der Waals surface area contributed by atoms with E-state index in [1.54, 1.807) is 15.8 Å². The lowest BCUT2D eigenvalue weighted by molar-refractivity contribution is -0.137. The molecule has 2 heterocycles. The maximum Gasteiger partial charge on any atom is 0.305 e. The molecular formula is C16H18N4O3. The van der Waals surface area contributed by atoms with Gasteiger partial charge in [0.2, 0.25) is 0 Å². The van der Waals surface area contributed by atoms with Crippen LogP contribution in [-0.4, -0.2) is 49.5 Å². The van der Waals surface area contributed by atoms with Crippen molar-refractivity contribution in [2.24, 2.45) is 0 Å². The highest BCUT2D eigenvalue weighted by Crippen LogP contribution is 2.22. The molecular weight excluding hydrogens is 296 g/mol. The molecule has 7 nitrogen and oxygen atoms in total. The van der Waals surface area contributed by atoms with Crippen molar-refractivity contribution in [1.82, 2.24) is 19.9 Å². The van der Waals surface area contributed by atoms with E-state index in [-0.39, 0.29) is 24.1 Å². The van der Waals surface area contributed by atoms with Gasteiger partial charge < -0.3 is 10.0 Å². The summed E-state index contributed by atoms with van der Waals surface area (Å²) in [5, 5.41) is 16.9. The summed E-state index contributed by atoms with van der Waals surface area (Å²) in [4.78, 5) is 25.1. The zero-order valence-electron chi connectivity index (χ0n) is 12.8. The number of hydrogen-bond acceptors (Lipinski definition) is 4. The zero-order valence-corrected chi connectivity index (χ0v) is 12.8. The molecule has 2 aromatic rings. The van der Waals surface area contributed by atoms with Gasteiger partial charge in [-0.25, -0.2) is 4.68 Å². The van der Waals surface area contributed by atoms with E-state index >= 15 is 0 Å². The Morgan fingerprint density at radius 2 is 2.22 bits per heavy atom. The van der Waals surface area contributed by atoms with E-state index in [2.05, 4.69) is 10.3 Å². The van der Waals surface area contributed by atoms with Gasteiger partial charge in [0.05, 0.1) is 18.3 Å². The molecule has 7 heteroatoms. The molecule has 1 aromatic carbocycles. The highest BCUT2D eigenvalue weighted by molar-refractivity contribution is 5.92. The SMILES string of the molecule is Cc1cccc(-n2cc(C(=O)N3CCCC3CC(=O)O)nn2)c1. The van der Waals surface area contributed by atoms with Crippen molar-refractivity contribution in [2.45, 2.75) is 32.2 Å². The monoisotopic (exact) mass is 314 g/mol. The number of nitrogens with zero attached hydrogens (tertiary/aromatic N) is 4. The van der Waals surface area contributed by atoms with Gasteiger partial charge in [0.25, 0.3) is 5.91 Å². The molecule has 0 radical (unpaired) electrons. The molecule has 0 saturated carbocycles. The van der Waals surface area contributed by atoms with Crippen molar-refractivity contribution in [1.29, 1.82) is 0 Å². The summed E-state index contributed by atoms with van der Waals surface area (Å²) < 4.78 is 1.56. The third kappa shape index (κ3) is 3.23. The average Bonchev–Trinajstić information content (AvgIpc) is 3.15. The van der Waals surface area contributed by atoms with Gasteiger partial charge in [0, 0.05) is 12.6 Å². The molecule has 1 aliphatic heterocycles. The van der Waals surface area contributed by atoms with E-state index in [1.165, 1.54) is 0 Å². The van der Waals surface area contributed by atoms with E-state index in [4.69, 9.17) is 5.11 Å². The van der Waals surface area contributed by atoms with E-state index in [1.807, 2.05) is 31.2 Å². The van der Waals surface area contributed by atoms with Crippen LogP contribution in [0.5, 0.6) is 0 Å². The summed E-state index contributed by atoms with van der Waals surface area (Å²) in [5.41, 5.74) is 2.16. The Hall–Kier alpha value is -2.70. The first-order valence-corrected chi connectivity index (χ1v) is 7.57. The number of benzene rings is 1. The molecule has 1 N–H and O–H groups in total. The molecule has 23 heavy (non-hydrogen) atoms. The van der Waals surface area contributed by atoms with Crippen molar-refractivity contribution >= 4 is 11.9 Å². The summed E-state index contributed by atoms with van der Waals surface area (Å²) in [6.45, 7) is 2.54. The number of carboxylic acid groups (broad SMARTS) is 1. The topological polar surface area (TPSA) is 88.3 Å². The van der Waals surface area contributed by atoms with Gasteiger partial charge in [0.1, 0.15) is 0 Å². The fraction of sp³-hybridized carbons (Fsp3) is 0.375. The third-order valence-electron chi connectivity index (χ3n) is 4.03. The maximum atomic E-state index is 12.6. The summed E-state index contributed by atoms with van der Waals surface area (Å²) in [6, 6.07) is 7.47. The Balaban J connectivity index is 1.79.